The van der Waals surface area contributed by atoms with E-state index in [9.17, 15) is 4.79 Å². The number of nitrogen functional groups attached to an aromatic ring is 1. The maximum atomic E-state index is 13.4. The molecule has 3 N–H and O–H groups in total. The molecule has 3 aromatic heterocycles. The molecule has 4 heterocycles. The van der Waals surface area contributed by atoms with Crippen LogP contribution in [-0.4, -0.2) is 53.5 Å². The lowest BCUT2D eigenvalue weighted by Gasteiger charge is -2.37. The van der Waals surface area contributed by atoms with Gasteiger partial charge in [0.2, 0.25) is 8.32 Å². The van der Waals surface area contributed by atoms with Crippen LogP contribution in [0.25, 0.3) is 39.5 Å². The second kappa shape index (κ2) is 14.3. The highest BCUT2D eigenvalue weighted by Crippen LogP contribution is 2.41. The van der Waals surface area contributed by atoms with Crippen LogP contribution in [0, 0.1) is 0 Å². The van der Waals surface area contributed by atoms with E-state index in [2.05, 4.69) is 56.3 Å². The van der Waals surface area contributed by atoms with Gasteiger partial charge in [0.1, 0.15) is 17.1 Å². The number of nitrogens with one attached hydrogen (secondary N) is 1. The van der Waals surface area contributed by atoms with E-state index in [1.807, 2.05) is 89.5 Å². The summed E-state index contributed by atoms with van der Waals surface area (Å²) in [6.45, 7) is 12.5. The summed E-state index contributed by atoms with van der Waals surface area (Å²) in [4.78, 5) is 27.7. The molecule has 7 rings (SSSR count). The molecule has 1 aliphatic rings. The normalized spacial score (nSPS) is 13.8. The molecule has 6 aromatic rings. The SMILES string of the molecule is CC(C)(C)[Si](C)(C)Oc1cc(C(=O)NCCc2ccc(-n3c(-c4cccnc4N)nc4ccc(-c5ccccc5)nc43)cc2)ccc1C1OCCO1. The van der Waals surface area contributed by atoms with E-state index in [0.29, 0.717) is 54.8 Å². The summed E-state index contributed by atoms with van der Waals surface area (Å²) in [7, 11) is -2.20. The van der Waals surface area contributed by atoms with Crippen molar-refractivity contribution in [3.05, 3.63) is 120 Å². The topological polar surface area (TPSA) is 126 Å². The highest BCUT2D eigenvalue weighted by atomic mass is 28.4. The lowest BCUT2D eigenvalue weighted by atomic mass is 10.1. The maximum Gasteiger partial charge on any atom is 0.251 e. The van der Waals surface area contributed by atoms with E-state index in [4.69, 9.17) is 29.6 Å². The molecule has 1 saturated heterocycles. The molecule has 0 saturated carbocycles. The average Bonchev–Trinajstić information content (AvgIpc) is 3.80. The number of hydrogen-bond acceptors (Lipinski definition) is 8. The summed E-state index contributed by atoms with van der Waals surface area (Å²) in [6, 6.07) is 31.5. The van der Waals surface area contributed by atoms with Gasteiger partial charge >= 0.3 is 0 Å². The minimum absolute atomic E-state index is 0.0181. The summed E-state index contributed by atoms with van der Waals surface area (Å²) in [5.41, 5.74) is 13.7. The van der Waals surface area contributed by atoms with Gasteiger partial charge in [-0.05, 0) is 84.7 Å². The molecule has 266 valence electrons. The highest BCUT2D eigenvalue weighted by Gasteiger charge is 2.40. The monoisotopic (exact) mass is 712 g/mol. The van der Waals surface area contributed by atoms with Crippen LogP contribution in [0.3, 0.4) is 0 Å². The average molecular weight is 713 g/mol. The van der Waals surface area contributed by atoms with Crippen LogP contribution in [0.2, 0.25) is 18.1 Å². The number of pyridine rings is 2. The zero-order valence-corrected chi connectivity index (χ0v) is 31.2. The van der Waals surface area contributed by atoms with Gasteiger partial charge in [-0.2, -0.15) is 0 Å². The van der Waals surface area contributed by atoms with Crippen LogP contribution in [0.1, 0.15) is 48.5 Å². The number of nitrogens with zero attached hydrogens (tertiary/aromatic N) is 4. The number of benzene rings is 3. The van der Waals surface area contributed by atoms with Gasteiger partial charge < -0.3 is 25.0 Å². The first-order valence-electron chi connectivity index (χ1n) is 17.6. The van der Waals surface area contributed by atoms with Crippen molar-refractivity contribution in [3.8, 4) is 34.1 Å². The molecule has 0 radical (unpaired) electrons. The lowest BCUT2D eigenvalue weighted by molar-refractivity contribution is -0.0450. The van der Waals surface area contributed by atoms with Gasteiger partial charge in [0, 0.05) is 35.1 Å². The van der Waals surface area contributed by atoms with Gasteiger partial charge in [0.05, 0.1) is 24.5 Å². The third-order valence-electron chi connectivity index (χ3n) is 9.87. The van der Waals surface area contributed by atoms with Gasteiger partial charge in [-0.25, -0.2) is 15.0 Å². The Bertz CT molecular complexity index is 2210. The number of fused-ring (bicyclic) bond motifs is 1. The molecule has 0 atom stereocenters. The smallest absolute Gasteiger partial charge is 0.251 e. The molecule has 0 bridgehead atoms. The summed E-state index contributed by atoms with van der Waals surface area (Å²) in [5, 5.41) is 3.07. The third kappa shape index (κ3) is 7.20. The number of imidazole rings is 1. The van der Waals surface area contributed by atoms with Crippen LogP contribution in [0.15, 0.2) is 103 Å². The van der Waals surface area contributed by atoms with E-state index in [0.717, 1.165) is 39.2 Å². The fraction of sp³-hybridized carbons (Fsp3) is 0.268. The summed E-state index contributed by atoms with van der Waals surface area (Å²) < 4.78 is 20.3. The molecule has 11 heteroatoms. The minimum atomic E-state index is -2.20. The van der Waals surface area contributed by atoms with Crippen LogP contribution >= 0.6 is 0 Å². The number of anilines is 1. The summed E-state index contributed by atoms with van der Waals surface area (Å²) in [5.74, 6) is 1.53. The van der Waals surface area contributed by atoms with Crippen LogP contribution in [0.4, 0.5) is 5.82 Å². The van der Waals surface area contributed by atoms with Crippen molar-refractivity contribution in [2.24, 2.45) is 0 Å². The zero-order chi connectivity index (χ0) is 36.5. The lowest BCUT2D eigenvalue weighted by Crippen LogP contribution is -2.44. The van der Waals surface area contributed by atoms with Crippen molar-refractivity contribution in [1.29, 1.82) is 0 Å². The predicted molar refractivity (Wildman–Crippen MR) is 207 cm³/mol. The Morgan fingerprint density at radius 1 is 0.942 bits per heavy atom. The van der Waals surface area contributed by atoms with E-state index in [1.165, 1.54) is 0 Å². The fourth-order valence-corrected chi connectivity index (χ4v) is 6.95. The first-order chi connectivity index (χ1) is 25.0. The van der Waals surface area contributed by atoms with E-state index in [-0.39, 0.29) is 10.9 Å². The second-order valence-corrected chi connectivity index (χ2v) is 19.2. The molecule has 1 aliphatic heterocycles. The molecule has 1 fully saturated rings. The van der Waals surface area contributed by atoms with Crippen LogP contribution in [-0.2, 0) is 15.9 Å². The van der Waals surface area contributed by atoms with Crippen molar-refractivity contribution in [3.63, 3.8) is 0 Å². The van der Waals surface area contributed by atoms with Gasteiger partial charge in [-0.1, -0.05) is 63.2 Å². The van der Waals surface area contributed by atoms with Crippen molar-refractivity contribution in [2.45, 2.75) is 51.6 Å². The Balaban J connectivity index is 1.11. The number of carbonyl (C=O) groups excluding carboxylic acids is 1. The number of ether oxygens (including phenoxy) is 2. The molecule has 3 aromatic carbocycles. The number of nitrogens with two attached hydrogens (primary N) is 1. The Labute approximate surface area is 305 Å². The largest absolute Gasteiger partial charge is 0.543 e. The van der Waals surface area contributed by atoms with E-state index in [1.54, 1.807) is 6.20 Å². The highest BCUT2D eigenvalue weighted by molar-refractivity contribution is 6.74. The molecule has 52 heavy (non-hydrogen) atoms. The van der Waals surface area contributed by atoms with Crippen LogP contribution < -0.4 is 15.5 Å². The summed E-state index contributed by atoms with van der Waals surface area (Å²) in [6.07, 6.45) is 1.81. The van der Waals surface area contributed by atoms with E-state index >= 15 is 0 Å². The molecule has 0 spiro atoms. The Hall–Kier alpha value is -5.36. The van der Waals surface area contributed by atoms with Crippen molar-refractivity contribution >= 4 is 31.2 Å². The number of amides is 1. The van der Waals surface area contributed by atoms with Crippen molar-refractivity contribution in [2.75, 3.05) is 25.5 Å². The maximum absolute atomic E-state index is 13.4. The first-order valence-corrected chi connectivity index (χ1v) is 20.5. The zero-order valence-electron chi connectivity index (χ0n) is 30.2. The van der Waals surface area contributed by atoms with Gasteiger partial charge in [0.25, 0.3) is 5.91 Å². The first kappa shape index (κ1) is 35.1. The minimum Gasteiger partial charge on any atom is -0.543 e. The predicted octanol–water partition coefficient (Wildman–Crippen LogP) is 8.13. The Morgan fingerprint density at radius 3 is 2.40 bits per heavy atom. The molecular formula is C41H44N6O4Si. The number of rotatable bonds is 10. The van der Waals surface area contributed by atoms with Crippen LogP contribution in [0.5, 0.6) is 5.75 Å². The quantitative estimate of drug-likeness (QED) is 0.136. The van der Waals surface area contributed by atoms with Crippen molar-refractivity contribution < 1.29 is 18.7 Å². The number of carbonyl (C=O) groups is 1. The molecule has 10 nitrogen and oxygen atoms in total. The second-order valence-electron chi connectivity index (χ2n) is 14.5. The van der Waals surface area contributed by atoms with Gasteiger partial charge in [-0.15, -0.1) is 0 Å². The Kier molecular flexibility index (Phi) is 9.67. The van der Waals surface area contributed by atoms with Gasteiger partial charge in [-0.3, -0.25) is 9.36 Å². The van der Waals surface area contributed by atoms with E-state index < -0.39 is 14.6 Å². The van der Waals surface area contributed by atoms with Crippen molar-refractivity contribution in [1.82, 2.24) is 24.8 Å². The summed E-state index contributed by atoms with van der Waals surface area (Å²) >= 11 is 0. The molecule has 1 amide bonds. The number of hydrogen-bond donors (Lipinski definition) is 2. The fourth-order valence-electron chi connectivity index (χ4n) is 5.92. The molecule has 0 aliphatic carbocycles. The molecule has 0 unspecified atom stereocenters. The van der Waals surface area contributed by atoms with Gasteiger partial charge in [0.15, 0.2) is 17.8 Å². The standard InChI is InChI=1S/C41H44N6O4Si/c1-41(2,3)52(4,5)51-35-26-29(15-18-31(35)40-49-24-25-50-40)39(48)44-23-21-27-13-16-30(17-14-27)47-37(32-12-9-22-43-36(32)42)46-34-20-19-33(45-38(34)47)28-10-7-6-8-11-28/h6-20,22,26,40H,21,23-25H2,1-5H3,(H2,42,43)(H,44,48). The molecular weight excluding hydrogens is 669 g/mol. The number of aromatic nitrogens is 4. The third-order valence-corrected chi connectivity index (χ3v) is 14.2. The Morgan fingerprint density at radius 2 is 1.69 bits per heavy atom.